The highest BCUT2D eigenvalue weighted by Crippen LogP contribution is 1.88. The lowest BCUT2D eigenvalue weighted by molar-refractivity contribution is 0.545. The van der Waals surface area contributed by atoms with E-state index in [1.54, 1.807) is 0 Å². The third kappa shape index (κ3) is 2.60. The molecule has 0 aliphatic heterocycles. The van der Waals surface area contributed by atoms with E-state index in [1.807, 2.05) is 13.8 Å². The maximum absolute atomic E-state index is 5.49. The van der Waals surface area contributed by atoms with E-state index in [0.29, 0.717) is 0 Å². The van der Waals surface area contributed by atoms with Crippen molar-refractivity contribution in [1.29, 1.82) is 0 Å². The van der Waals surface area contributed by atoms with Gasteiger partial charge in [-0.3, -0.25) is 0 Å². The van der Waals surface area contributed by atoms with Crippen molar-refractivity contribution in [3.05, 3.63) is 0 Å². The van der Waals surface area contributed by atoms with Crippen LogP contribution < -0.4 is 11.5 Å². The van der Waals surface area contributed by atoms with Gasteiger partial charge < -0.3 is 11.5 Å². The van der Waals surface area contributed by atoms with E-state index >= 15 is 0 Å². The first-order valence-electron chi connectivity index (χ1n) is 2.69. The molecule has 0 saturated carbocycles. The van der Waals surface area contributed by atoms with Crippen LogP contribution in [0.3, 0.4) is 0 Å². The molecule has 0 radical (unpaired) electrons. The fraction of sp³-hybridized carbons (Fsp3) is 1.00. The van der Waals surface area contributed by atoms with Gasteiger partial charge in [0.1, 0.15) is 0 Å². The average Bonchev–Trinajstić information content (AvgIpc) is 1.65. The minimum atomic E-state index is 0.144. The Morgan fingerprint density at radius 1 is 1.43 bits per heavy atom. The molecule has 0 rings (SSSR count). The Balaban J connectivity index is 3.14. The van der Waals surface area contributed by atoms with Crippen molar-refractivity contribution in [1.82, 2.24) is 0 Å². The molecule has 0 aromatic heterocycles. The zero-order valence-corrected chi connectivity index (χ0v) is 5.02. The monoisotopic (exact) mass is 102 g/mol. The van der Waals surface area contributed by atoms with Crippen molar-refractivity contribution in [2.75, 3.05) is 0 Å². The zero-order valence-electron chi connectivity index (χ0n) is 5.02. The Morgan fingerprint density at radius 2 is 1.86 bits per heavy atom. The van der Waals surface area contributed by atoms with Crippen LogP contribution in [0, 0.1) is 0 Å². The number of nitrogens with two attached hydrogens (primary N) is 2. The molecule has 7 heavy (non-hydrogen) atoms. The molecule has 0 fully saturated rings. The van der Waals surface area contributed by atoms with Crippen LogP contribution >= 0.6 is 0 Å². The van der Waals surface area contributed by atoms with Gasteiger partial charge in [0, 0.05) is 12.1 Å². The third-order valence-electron chi connectivity index (χ3n) is 1.15. The van der Waals surface area contributed by atoms with Crippen LogP contribution in [0.2, 0.25) is 0 Å². The molecule has 4 N–H and O–H groups in total. The van der Waals surface area contributed by atoms with E-state index in [-0.39, 0.29) is 12.1 Å². The van der Waals surface area contributed by atoms with Gasteiger partial charge in [0.2, 0.25) is 0 Å². The Kier molecular flexibility index (Phi) is 2.96. The fourth-order valence-electron chi connectivity index (χ4n) is 0.372. The summed E-state index contributed by atoms with van der Waals surface area (Å²) in [7, 11) is 0. The predicted octanol–water partition coefficient (Wildman–Crippen LogP) is 0.0709. The van der Waals surface area contributed by atoms with E-state index < -0.39 is 0 Å². The van der Waals surface area contributed by atoms with E-state index in [9.17, 15) is 0 Å². The minimum Gasteiger partial charge on any atom is -0.327 e. The lowest BCUT2D eigenvalue weighted by atomic mass is 10.1. The molecule has 0 aliphatic carbocycles. The van der Waals surface area contributed by atoms with Gasteiger partial charge in [0.05, 0.1) is 0 Å². The van der Waals surface area contributed by atoms with Crippen LogP contribution in [0.15, 0.2) is 0 Å². The molecular formula is C5H14N2. The van der Waals surface area contributed by atoms with Crippen molar-refractivity contribution in [3.8, 4) is 0 Å². The molecule has 2 heteroatoms. The molecule has 0 spiro atoms. The lowest BCUT2D eigenvalue weighted by Gasteiger charge is -2.11. The van der Waals surface area contributed by atoms with Crippen molar-refractivity contribution in [2.45, 2.75) is 32.4 Å². The summed E-state index contributed by atoms with van der Waals surface area (Å²) in [5.74, 6) is 0. The van der Waals surface area contributed by atoms with Crippen LogP contribution in [0.5, 0.6) is 0 Å². The van der Waals surface area contributed by atoms with Gasteiger partial charge >= 0.3 is 0 Å². The summed E-state index contributed by atoms with van der Waals surface area (Å²) >= 11 is 0. The summed E-state index contributed by atoms with van der Waals surface area (Å²) in [5.41, 5.74) is 10.9. The molecule has 0 aliphatic rings. The largest absolute Gasteiger partial charge is 0.327 e. The highest BCUT2D eigenvalue weighted by Gasteiger charge is 2.01. The van der Waals surface area contributed by atoms with Gasteiger partial charge in [-0.25, -0.2) is 0 Å². The average molecular weight is 102 g/mol. The first-order valence-corrected chi connectivity index (χ1v) is 2.69. The molecule has 0 aromatic carbocycles. The van der Waals surface area contributed by atoms with Gasteiger partial charge in [-0.05, 0) is 13.3 Å². The Morgan fingerprint density at radius 3 is 1.86 bits per heavy atom. The third-order valence-corrected chi connectivity index (χ3v) is 1.15. The summed E-state index contributed by atoms with van der Waals surface area (Å²) in [5, 5.41) is 0. The minimum absolute atomic E-state index is 0.144. The molecule has 0 amide bonds. The Labute approximate surface area is 44.9 Å². The first kappa shape index (κ1) is 6.92. The lowest BCUT2D eigenvalue weighted by Crippen LogP contribution is -2.38. The van der Waals surface area contributed by atoms with Crippen LogP contribution in [0.1, 0.15) is 20.3 Å². The van der Waals surface area contributed by atoms with Crippen LogP contribution in [0.25, 0.3) is 0 Å². The Hall–Kier alpha value is -0.0800. The second-order valence-corrected chi connectivity index (χ2v) is 1.93. The number of hydrogen-bond donors (Lipinski definition) is 2. The highest BCUT2D eigenvalue weighted by atomic mass is 14.8. The molecule has 0 bridgehead atoms. The van der Waals surface area contributed by atoms with Crippen molar-refractivity contribution in [2.24, 2.45) is 11.5 Å². The van der Waals surface area contributed by atoms with Gasteiger partial charge in [-0.1, -0.05) is 6.92 Å². The SMILES string of the molecule is CC[C@H](N)C(C)N. The summed E-state index contributed by atoms with van der Waals surface area (Å²) in [6.07, 6.45) is 0.970. The molecule has 0 saturated heterocycles. The standard InChI is InChI=1S/C5H14N2/c1-3-5(7)4(2)6/h4-5H,3,6-7H2,1-2H3/t4?,5-/m0/s1. The van der Waals surface area contributed by atoms with E-state index in [1.165, 1.54) is 0 Å². The normalized spacial score (nSPS) is 18.9. The predicted molar refractivity (Wildman–Crippen MR) is 31.9 cm³/mol. The van der Waals surface area contributed by atoms with E-state index in [2.05, 4.69) is 0 Å². The van der Waals surface area contributed by atoms with E-state index in [0.717, 1.165) is 6.42 Å². The van der Waals surface area contributed by atoms with Crippen LogP contribution in [0.4, 0.5) is 0 Å². The van der Waals surface area contributed by atoms with E-state index in [4.69, 9.17) is 11.5 Å². The molecule has 0 heterocycles. The zero-order chi connectivity index (χ0) is 5.86. The summed E-state index contributed by atoms with van der Waals surface area (Å²) in [4.78, 5) is 0. The molecule has 1 unspecified atom stereocenters. The van der Waals surface area contributed by atoms with Gasteiger partial charge in [-0.15, -0.1) is 0 Å². The van der Waals surface area contributed by atoms with Crippen molar-refractivity contribution >= 4 is 0 Å². The maximum atomic E-state index is 5.49. The Bertz CT molecular complexity index is 43.3. The molecular weight excluding hydrogens is 88.1 g/mol. The molecule has 0 aromatic rings. The fourth-order valence-corrected chi connectivity index (χ4v) is 0.372. The smallest absolute Gasteiger partial charge is 0.0186 e. The van der Waals surface area contributed by atoms with Crippen LogP contribution in [-0.2, 0) is 0 Å². The second-order valence-electron chi connectivity index (χ2n) is 1.93. The van der Waals surface area contributed by atoms with Gasteiger partial charge in [-0.2, -0.15) is 0 Å². The number of hydrogen-bond acceptors (Lipinski definition) is 2. The second kappa shape index (κ2) is 2.99. The quantitative estimate of drug-likeness (QED) is 0.518. The van der Waals surface area contributed by atoms with Crippen molar-refractivity contribution in [3.63, 3.8) is 0 Å². The van der Waals surface area contributed by atoms with Gasteiger partial charge in [0.25, 0.3) is 0 Å². The molecule has 44 valence electrons. The van der Waals surface area contributed by atoms with Crippen LogP contribution in [-0.4, -0.2) is 12.1 Å². The summed E-state index contributed by atoms with van der Waals surface area (Å²) in [6, 6.07) is 0.324. The maximum Gasteiger partial charge on any atom is 0.0186 e. The van der Waals surface area contributed by atoms with Gasteiger partial charge in [0.15, 0.2) is 0 Å². The molecule has 2 atom stereocenters. The number of rotatable bonds is 2. The summed E-state index contributed by atoms with van der Waals surface area (Å²) in [6.45, 7) is 3.96. The first-order chi connectivity index (χ1) is 3.18. The highest BCUT2D eigenvalue weighted by molar-refractivity contribution is 4.67. The molecule has 2 nitrogen and oxygen atoms in total. The summed E-state index contributed by atoms with van der Waals surface area (Å²) < 4.78 is 0. The topological polar surface area (TPSA) is 52.0 Å². The van der Waals surface area contributed by atoms with Crippen molar-refractivity contribution < 1.29 is 0 Å².